The van der Waals surface area contributed by atoms with Crippen LogP contribution in [0.4, 0.5) is 0 Å². The molecule has 0 N–H and O–H groups in total. The molecule has 1 amide bonds. The van der Waals surface area contributed by atoms with Crippen LogP contribution in [-0.4, -0.2) is 30.2 Å². The van der Waals surface area contributed by atoms with Crippen LogP contribution in [0.15, 0.2) is 53.4 Å². The fourth-order valence-corrected chi connectivity index (χ4v) is 3.42. The molecule has 5 heteroatoms. The predicted molar refractivity (Wildman–Crippen MR) is 101 cm³/mol. The lowest BCUT2D eigenvalue weighted by atomic mass is 10.1. The van der Waals surface area contributed by atoms with Crippen molar-refractivity contribution < 1.29 is 9.53 Å². The second-order valence-corrected chi connectivity index (χ2v) is 6.86. The molecule has 0 spiro atoms. The number of hydrogen-bond donors (Lipinski definition) is 0. The monoisotopic (exact) mass is 363 g/mol. The Morgan fingerprint density at radius 2 is 1.96 bits per heavy atom. The van der Waals surface area contributed by atoms with Crippen molar-refractivity contribution in [3.63, 3.8) is 0 Å². The number of halogens is 1. The molecule has 128 valence electrons. The van der Waals surface area contributed by atoms with Crippen LogP contribution in [0, 0.1) is 0 Å². The second-order valence-electron chi connectivity index (χ2n) is 5.37. The van der Waals surface area contributed by atoms with E-state index in [-0.39, 0.29) is 11.9 Å². The first-order valence-corrected chi connectivity index (χ1v) is 9.23. The van der Waals surface area contributed by atoms with Crippen molar-refractivity contribution in [1.29, 1.82) is 0 Å². The summed E-state index contributed by atoms with van der Waals surface area (Å²) >= 11 is 7.41. The van der Waals surface area contributed by atoms with E-state index in [1.54, 1.807) is 7.11 Å². The van der Waals surface area contributed by atoms with Crippen LogP contribution >= 0.6 is 23.4 Å². The van der Waals surface area contributed by atoms with Gasteiger partial charge in [0, 0.05) is 16.5 Å². The topological polar surface area (TPSA) is 29.5 Å². The molecule has 1 unspecified atom stereocenters. The summed E-state index contributed by atoms with van der Waals surface area (Å²) in [5, 5.41) is 0.701. The highest BCUT2D eigenvalue weighted by Crippen LogP contribution is 2.26. The third kappa shape index (κ3) is 4.92. The fraction of sp³-hybridized carbons (Fsp3) is 0.316. The zero-order chi connectivity index (χ0) is 17.5. The third-order valence-corrected chi connectivity index (χ3v) is 5.13. The Morgan fingerprint density at radius 1 is 1.25 bits per heavy atom. The van der Waals surface area contributed by atoms with Gasteiger partial charge in [0.1, 0.15) is 5.75 Å². The molecule has 2 aromatic carbocycles. The van der Waals surface area contributed by atoms with E-state index in [1.165, 1.54) is 11.8 Å². The van der Waals surface area contributed by atoms with Crippen molar-refractivity contribution in [1.82, 2.24) is 4.90 Å². The van der Waals surface area contributed by atoms with Crippen molar-refractivity contribution in [3.05, 3.63) is 59.1 Å². The predicted octanol–water partition coefficient (Wildman–Crippen LogP) is 5.05. The Kier molecular flexibility index (Phi) is 7.00. The van der Waals surface area contributed by atoms with Crippen LogP contribution in [-0.2, 0) is 4.79 Å². The Hall–Kier alpha value is -1.65. The number of carbonyl (C=O) groups is 1. The molecule has 1 atom stereocenters. The maximum absolute atomic E-state index is 12.6. The molecule has 0 aliphatic rings. The molecule has 3 nitrogen and oxygen atoms in total. The fourth-order valence-electron chi connectivity index (χ4n) is 2.51. The molecule has 0 aliphatic carbocycles. The summed E-state index contributed by atoms with van der Waals surface area (Å²) in [6.07, 6.45) is 0. The number of rotatable bonds is 7. The molecule has 0 bridgehead atoms. The van der Waals surface area contributed by atoms with E-state index >= 15 is 0 Å². The first kappa shape index (κ1) is 18.7. The lowest BCUT2D eigenvalue weighted by Crippen LogP contribution is -2.34. The highest BCUT2D eigenvalue weighted by molar-refractivity contribution is 8.00. The van der Waals surface area contributed by atoms with E-state index in [0.29, 0.717) is 17.3 Å². The first-order valence-electron chi connectivity index (χ1n) is 7.87. The van der Waals surface area contributed by atoms with Crippen LogP contribution < -0.4 is 4.74 Å². The van der Waals surface area contributed by atoms with E-state index in [9.17, 15) is 4.79 Å². The molecule has 0 saturated heterocycles. The van der Waals surface area contributed by atoms with Gasteiger partial charge in [-0.3, -0.25) is 4.79 Å². The zero-order valence-corrected chi connectivity index (χ0v) is 15.7. The summed E-state index contributed by atoms with van der Waals surface area (Å²) in [4.78, 5) is 15.6. The molecular weight excluding hydrogens is 342 g/mol. The molecule has 2 rings (SSSR count). The van der Waals surface area contributed by atoms with Gasteiger partial charge < -0.3 is 9.64 Å². The van der Waals surface area contributed by atoms with Crippen LogP contribution in [0.3, 0.4) is 0 Å². The van der Waals surface area contributed by atoms with E-state index in [4.69, 9.17) is 16.3 Å². The van der Waals surface area contributed by atoms with E-state index in [2.05, 4.69) is 0 Å². The Balaban J connectivity index is 2.03. The minimum absolute atomic E-state index is 0.00316. The minimum atomic E-state index is 0.00316. The van der Waals surface area contributed by atoms with Gasteiger partial charge in [0.05, 0.1) is 18.9 Å². The molecule has 0 aliphatic heterocycles. The quantitative estimate of drug-likeness (QED) is 0.644. The van der Waals surface area contributed by atoms with E-state index < -0.39 is 0 Å². The summed E-state index contributed by atoms with van der Waals surface area (Å²) < 4.78 is 5.28. The van der Waals surface area contributed by atoms with Gasteiger partial charge in [0.25, 0.3) is 0 Å². The number of amides is 1. The smallest absolute Gasteiger partial charge is 0.233 e. The van der Waals surface area contributed by atoms with Crippen LogP contribution in [0.5, 0.6) is 5.75 Å². The highest BCUT2D eigenvalue weighted by atomic mass is 35.5. The van der Waals surface area contributed by atoms with E-state index in [0.717, 1.165) is 16.2 Å². The van der Waals surface area contributed by atoms with Gasteiger partial charge in [-0.15, -0.1) is 11.8 Å². The van der Waals surface area contributed by atoms with Gasteiger partial charge in [0.2, 0.25) is 5.91 Å². The average Bonchev–Trinajstić information content (AvgIpc) is 2.61. The van der Waals surface area contributed by atoms with Crippen molar-refractivity contribution in [3.8, 4) is 5.75 Å². The van der Waals surface area contributed by atoms with Gasteiger partial charge in [0.15, 0.2) is 0 Å². The summed E-state index contributed by atoms with van der Waals surface area (Å²) in [7, 11) is 1.65. The number of hydrogen-bond acceptors (Lipinski definition) is 3. The third-order valence-electron chi connectivity index (χ3n) is 3.88. The van der Waals surface area contributed by atoms with Crippen molar-refractivity contribution in [2.75, 3.05) is 19.4 Å². The molecular formula is C19H22ClNO2S. The first-order chi connectivity index (χ1) is 11.5. The number of carbonyl (C=O) groups excluding carboxylic acids is 1. The summed E-state index contributed by atoms with van der Waals surface area (Å²) in [5.41, 5.74) is 1.07. The largest absolute Gasteiger partial charge is 0.497 e. The molecule has 2 aromatic rings. The highest BCUT2D eigenvalue weighted by Gasteiger charge is 2.20. The second kappa shape index (κ2) is 9.00. The average molecular weight is 364 g/mol. The van der Waals surface area contributed by atoms with E-state index in [1.807, 2.05) is 67.3 Å². The van der Waals surface area contributed by atoms with Crippen LogP contribution in [0.1, 0.15) is 25.5 Å². The molecule has 0 aromatic heterocycles. The van der Waals surface area contributed by atoms with Crippen molar-refractivity contribution >= 4 is 29.3 Å². The zero-order valence-electron chi connectivity index (χ0n) is 14.2. The van der Waals surface area contributed by atoms with Crippen molar-refractivity contribution in [2.45, 2.75) is 24.8 Å². The summed E-state index contributed by atoms with van der Waals surface area (Å²) in [6, 6.07) is 15.4. The lowest BCUT2D eigenvalue weighted by Gasteiger charge is -2.28. The number of benzene rings is 2. The van der Waals surface area contributed by atoms with Gasteiger partial charge in [-0.1, -0.05) is 23.7 Å². The SMILES string of the molecule is CCN(C(=O)CSc1ccc(Cl)cc1)C(C)c1cccc(OC)c1. The normalized spacial score (nSPS) is 11.8. The standard InChI is InChI=1S/C19H22ClNO2S/c1-4-21(14(2)15-6-5-7-17(12-15)23-3)19(22)13-24-18-10-8-16(20)9-11-18/h5-12,14H,4,13H2,1-3H3. The summed E-state index contributed by atoms with van der Waals surface area (Å²) in [6.45, 7) is 4.71. The number of methoxy groups -OCH3 is 1. The Morgan fingerprint density at radius 3 is 2.58 bits per heavy atom. The maximum atomic E-state index is 12.6. The van der Waals surface area contributed by atoms with Gasteiger partial charge in [-0.25, -0.2) is 0 Å². The van der Waals surface area contributed by atoms with Crippen molar-refractivity contribution in [2.24, 2.45) is 0 Å². The molecule has 0 heterocycles. The minimum Gasteiger partial charge on any atom is -0.497 e. The molecule has 0 radical (unpaired) electrons. The van der Waals surface area contributed by atoms with Crippen LogP contribution in [0.25, 0.3) is 0 Å². The maximum Gasteiger partial charge on any atom is 0.233 e. The number of ether oxygens (including phenoxy) is 1. The number of nitrogens with zero attached hydrogens (tertiary/aromatic N) is 1. The van der Waals surface area contributed by atoms with Gasteiger partial charge in [-0.05, 0) is 55.8 Å². The molecule has 24 heavy (non-hydrogen) atoms. The summed E-state index contributed by atoms with van der Waals surface area (Å²) in [5.74, 6) is 1.33. The Bertz CT molecular complexity index is 675. The lowest BCUT2D eigenvalue weighted by molar-refractivity contribution is -0.130. The Labute approximate surface area is 153 Å². The van der Waals surface area contributed by atoms with Gasteiger partial charge in [-0.2, -0.15) is 0 Å². The van der Waals surface area contributed by atoms with Crippen LogP contribution in [0.2, 0.25) is 5.02 Å². The molecule has 0 fully saturated rings. The number of thioether (sulfide) groups is 1. The van der Waals surface area contributed by atoms with Gasteiger partial charge >= 0.3 is 0 Å². The molecule has 0 saturated carbocycles.